The van der Waals surface area contributed by atoms with Crippen molar-refractivity contribution in [3.8, 4) is 11.5 Å². The fourth-order valence-corrected chi connectivity index (χ4v) is 4.45. The lowest BCUT2D eigenvalue weighted by Gasteiger charge is -2.05. The molecule has 2 aromatic heterocycles. The Labute approximate surface area is 154 Å². The Morgan fingerprint density at radius 1 is 0.731 bits per heavy atom. The molecule has 4 rings (SSSR count). The number of phenolic OH excluding ortho intramolecular Hbond substituents is 2. The molecule has 2 heterocycles. The van der Waals surface area contributed by atoms with E-state index in [1.54, 1.807) is 24.3 Å². The number of rotatable bonds is 2. The second-order valence-corrected chi connectivity index (χ2v) is 7.58. The molecule has 7 heteroatoms. The van der Waals surface area contributed by atoms with Crippen LogP contribution in [0.15, 0.2) is 58.1 Å². The van der Waals surface area contributed by atoms with Crippen LogP contribution in [-0.4, -0.2) is 16.0 Å². The Bertz CT molecular complexity index is 1220. The van der Waals surface area contributed by atoms with Crippen molar-refractivity contribution in [2.75, 3.05) is 0 Å². The van der Waals surface area contributed by atoms with E-state index in [0.717, 1.165) is 22.7 Å². The Balaban J connectivity index is 1.94. The number of hydrogen-bond acceptors (Lipinski definition) is 7. The third-order valence-electron chi connectivity index (χ3n) is 3.97. The van der Waals surface area contributed by atoms with Gasteiger partial charge in [0.2, 0.25) is 15.3 Å². The van der Waals surface area contributed by atoms with Crippen molar-refractivity contribution in [2.24, 2.45) is 0 Å². The summed E-state index contributed by atoms with van der Waals surface area (Å²) >= 11 is 1.53. The lowest BCUT2D eigenvalue weighted by molar-refractivity contribution is 0.103. The number of fused-ring (bicyclic) bond motifs is 2. The summed E-state index contributed by atoms with van der Waals surface area (Å²) in [4.78, 5) is 37.6. The zero-order valence-corrected chi connectivity index (χ0v) is 14.7. The van der Waals surface area contributed by atoms with Crippen molar-refractivity contribution >= 4 is 48.6 Å². The summed E-state index contributed by atoms with van der Waals surface area (Å²) in [5.74, 6) is -0.726. The van der Waals surface area contributed by atoms with E-state index in [9.17, 15) is 24.6 Å². The van der Waals surface area contributed by atoms with Crippen molar-refractivity contribution in [2.45, 2.75) is 0 Å². The zero-order chi connectivity index (χ0) is 18.4. The van der Waals surface area contributed by atoms with Crippen LogP contribution >= 0.6 is 22.7 Å². The summed E-state index contributed by atoms with van der Waals surface area (Å²) in [5, 5.41) is 20.8. The van der Waals surface area contributed by atoms with E-state index in [0.29, 0.717) is 20.2 Å². The summed E-state index contributed by atoms with van der Waals surface area (Å²) in [6.07, 6.45) is 0. The van der Waals surface area contributed by atoms with Crippen LogP contribution in [0, 0.1) is 0 Å². The highest BCUT2D eigenvalue weighted by atomic mass is 32.1. The maximum absolute atomic E-state index is 12.8. The average molecular weight is 382 g/mol. The molecule has 0 aliphatic carbocycles. The second kappa shape index (κ2) is 6.05. The van der Waals surface area contributed by atoms with Crippen LogP contribution in [0.2, 0.25) is 0 Å². The van der Waals surface area contributed by atoms with Crippen molar-refractivity contribution in [1.82, 2.24) is 0 Å². The maximum atomic E-state index is 12.8. The molecule has 5 nitrogen and oxygen atoms in total. The Kier molecular flexibility index (Phi) is 3.82. The first-order valence-electron chi connectivity index (χ1n) is 7.52. The van der Waals surface area contributed by atoms with Gasteiger partial charge in [-0.2, -0.15) is 0 Å². The van der Waals surface area contributed by atoms with Gasteiger partial charge in [-0.05, 0) is 35.0 Å². The van der Waals surface area contributed by atoms with Crippen molar-refractivity contribution < 1.29 is 15.0 Å². The van der Waals surface area contributed by atoms with E-state index in [4.69, 9.17) is 0 Å². The van der Waals surface area contributed by atoms with Crippen molar-refractivity contribution in [3.05, 3.63) is 78.7 Å². The van der Waals surface area contributed by atoms with Crippen LogP contribution in [0.25, 0.3) is 20.2 Å². The van der Waals surface area contributed by atoms with Crippen LogP contribution in [0.1, 0.15) is 15.9 Å². The number of benzene rings is 2. The molecule has 128 valence electrons. The first kappa shape index (κ1) is 16.4. The van der Waals surface area contributed by atoms with Gasteiger partial charge in [0.25, 0.3) is 0 Å². The number of phenols is 2. The number of carbonyl (C=O) groups is 1. The van der Waals surface area contributed by atoms with Crippen LogP contribution < -0.4 is 9.48 Å². The minimum Gasteiger partial charge on any atom is -0.506 e. The summed E-state index contributed by atoms with van der Waals surface area (Å²) in [6, 6.07) is 12.3. The molecule has 26 heavy (non-hydrogen) atoms. The number of hydrogen-bond donors (Lipinski definition) is 2. The van der Waals surface area contributed by atoms with E-state index >= 15 is 0 Å². The Morgan fingerprint density at radius 3 is 1.58 bits per heavy atom. The van der Waals surface area contributed by atoms with Gasteiger partial charge in [-0.1, -0.05) is 46.9 Å². The molecular formula is C19H10O5S2. The number of carbonyl (C=O) groups excluding carboxylic acids is 1. The molecule has 0 unspecified atom stereocenters. The summed E-state index contributed by atoms with van der Waals surface area (Å²) < 4.78 is -0.265. The molecule has 2 aromatic carbocycles. The third-order valence-corrected chi connectivity index (χ3v) is 6.08. The first-order valence-corrected chi connectivity index (χ1v) is 9.15. The lowest BCUT2D eigenvalue weighted by atomic mass is 10.1. The predicted octanol–water partition coefficient (Wildman–Crippen LogP) is 3.48. The minimum atomic E-state index is -0.664. The van der Waals surface area contributed by atoms with Gasteiger partial charge in [0, 0.05) is 0 Å². The van der Waals surface area contributed by atoms with Gasteiger partial charge in [0.1, 0.15) is 11.5 Å². The van der Waals surface area contributed by atoms with Crippen LogP contribution in [-0.2, 0) is 0 Å². The van der Waals surface area contributed by atoms with Crippen molar-refractivity contribution in [1.29, 1.82) is 0 Å². The van der Waals surface area contributed by atoms with Gasteiger partial charge in [-0.25, -0.2) is 0 Å². The molecule has 0 spiro atoms. The lowest BCUT2D eigenvalue weighted by Crippen LogP contribution is -2.18. The first-order chi connectivity index (χ1) is 12.5. The Hall–Kier alpha value is -3.03. The molecule has 0 atom stereocenters. The van der Waals surface area contributed by atoms with E-state index in [1.165, 1.54) is 24.3 Å². The molecule has 0 radical (unpaired) electrons. The summed E-state index contributed by atoms with van der Waals surface area (Å²) in [7, 11) is 0. The quantitative estimate of drug-likeness (QED) is 0.518. The van der Waals surface area contributed by atoms with Crippen LogP contribution in [0.3, 0.4) is 0 Å². The van der Waals surface area contributed by atoms with E-state index in [-0.39, 0.29) is 22.6 Å². The SMILES string of the molecule is O=C(c1cc2cccc(O)c2sc1=O)c1cc2cccc(O)c2sc1=O. The molecule has 0 aliphatic rings. The maximum Gasteiger partial charge on any atom is 0.244 e. The van der Waals surface area contributed by atoms with Gasteiger partial charge < -0.3 is 10.2 Å². The van der Waals surface area contributed by atoms with Crippen molar-refractivity contribution in [3.63, 3.8) is 0 Å². The highest BCUT2D eigenvalue weighted by Crippen LogP contribution is 2.29. The fraction of sp³-hybridized carbons (Fsp3) is 0. The van der Waals surface area contributed by atoms with Crippen LogP contribution in [0.4, 0.5) is 0 Å². The van der Waals surface area contributed by atoms with Gasteiger partial charge >= 0.3 is 0 Å². The van der Waals surface area contributed by atoms with Gasteiger partial charge in [0.05, 0.1) is 20.5 Å². The van der Waals surface area contributed by atoms with Crippen LogP contribution in [0.5, 0.6) is 11.5 Å². The second-order valence-electron chi connectivity index (χ2n) is 5.62. The minimum absolute atomic E-state index is 0.0310. The molecule has 0 aliphatic heterocycles. The summed E-state index contributed by atoms with van der Waals surface area (Å²) in [6.45, 7) is 0. The highest BCUT2D eigenvalue weighted by Gasteiger charge is 2.19. The van der Waals surface area contributed by atoms with E-state index in [1.807, 2.05) is 0 Å². The number of ketones is 1. The summed E-state index contributed by atoms with van der Waals surface area (Å²) in [5.41, 5.74) is -0.228. The topological polar surface area (TPSA) is 91.7 Å². The molecule has 0 saturated heterocycles. The van der Waals surface area contributed by atoms with Gasteiger partial charge in [0.15, 0.2) is 0 Å². The third kappa shape index (κ3) is 2.58. The molecule has 0 amide bonds. The fourth-order valence-electron chi connectivity index (χ4n) is 2.72. The Morgan fingerprint density at radius 2 is 1.15 bits per heavy atom. The molecule has 4 aromatic rings. The van der Waals surface area contributed by atoms with Gasteiger partial charge in [-0.3, -0.25) is 14.4 Å². The molecule has 2 N–H and O–H groups in total. The van der Waals surface area contributed by atoms with Gasteiger partial charge in [-0.15, -0.1) is 0 Å². The molecular weight excluding hydrogens is 372 g/mol. The predicted molar refractivity (Wildman–Crippen MR) is 103 cm³/mol. The smallest absolute Gasteiger partial charge is 0.244 e. The molecule has 0 saturated carbocycles. The molecule has 0 bridgehead atoms. The number of aromatic hydroxyl groups is 2. The van der Waals surface area contributed by atoms with E-state index < -0.39 is 15.3 Å². The standard InChI is InChI=1S/C19H10O5S2/c20-13-5-1-3-9-7-11(18(23)25-16(9)13)15(22)12-8-10-4-2-6-14(21)17(10)26-19(12)24/h1-8,20-21H. The normalized spacial score (nSPS) is 11.1. The average Bonchev–Trinajstić information content (AvgIpc) is 2.62. The van der Waals surface area contributed by atoms with E-state index in [2.05, 4.69) is 0 Å². The molecule has 0 fully saturated rings. The largest absolute Gasteiger partial charge is 0.506 e. The monoisotopic (exact) mass is 382 g/mol. The highest BCUT2D eigenvalue weighted by molar-refractivity contribution is 7.17. The zero-order valence-electron chi connectivity index (χ0n) is 13.1.